The number of hydrogen-bond donors (Lipinski definition) is 0. The summed E-state index contributed by atoms with van der Waals surface area (Å²) in [5, 5.41) is 0. The number of aldehydes is 1. The molecule has 0 aromatic heterocycles. The molecule has 2 rings (SSSR count). The first-order chi connectivity index (χ1) is 9.22. The largest absolute Gasteiger partial charge is 0.497 e. The molecule has 19 heavy (non-hydrogen) atoms. The molecule has 0 aliphatic rings. The highest BCUT2D eigenvalue weighted by molar-refractivity contribution is 5.63. The molecule has 2 heteroatoms. The lowest BCUT2D eigenvalue weighted by Crippen LogP contribution is -2.04. The number of methoxy groups -OCH3 is 1. The quantitative estimate of drug-likeness (QED) is 0.763. The Hall–Kier alpha value is -2.09. The molecule has 2 aromatic rings. The molecule has 0 spiro atoms. The fraction of sp³-hybridized carbons (Fsp3) is 0.235. The zero-order valence-electron chi connectivity index (χ0n) is 11.3. The Morgan fingerprint density at radius 1 is 1.16 bits per heavy atom. The number of ether oxygens (including phenoxy) is 1. The molecule has 1 atom stereocenters. The van der Waals surface area contributed by atoms with Crippen LogP contribution in [0.2, 0.25) is 0 Å². The van der Waals surface area contributed by atoms with Gasteiger partial charge in [-0.2, -0.15) is 0 Å². The first kappa shape index (κ1) is 13.3. The summed E-state index contributed by atoms with van der Waals surface area (Å²) >= 11 is 0. The van der Waals surface area contributed by atoms with Gasteiger partial charge >= 0.3 is 0 Å². The minimum absolute atomic E-state index is 0.104. The Bertz CT molecular complexity index is 543. The van der Waals surface area contributed by atoms with Gasteiger partial charge in [-0.15, -0.1) is 0 Å². The van der Waals surface area contributed by atoms with Crippen molar-refractivity contribution in [2.75, 3.05) is 7.11 Å². The van der Waals surface area contributed by atoms with Crippen molar-refractivity contribution in [1.82, 2.24) is 0 Å². The SMILES string of the molecule is COc1ccc(C(C=O)Cc2cccc(C)c2)cc1. The summed E-state index contributed by atoms with van der Waals surface area (Å²) in [4.78, 5) is 11.3. The average molecular weight is 254 g/mol. The fourth-order valence-corrected chi connectivity index (χ4v) is 2.19. The second kappa shape index (κ2) is 6.19. The summed E-state index contributed by atoms with van der Waals surface area (Å²) in [6.45, 7) is 2.06. The van der Waals surface area contributed by atoms with E-state index in [1.807, 2.05) is 30.3 Å². The van der Waals surface area contributed by atoms with Crippen LogP contribution >= 0.6 is 0 Å². The van der Waals surface area contributed by atoms with E-state index in [-0.39, 0.29) is 5.92 Å². The Labute approximate surface area is 114 Å². The maximum atomic E-state index is 11.3. The van der Waals surface area contributed by atoms with Gasteiger partial charge in [0.2, 0.25) is 0 Å². The predicted molar refractivity (Wildman–Crippen MR) is 76.7 cm³/mol. The van der Waals surface area contributed by atoms with E-state index in [2.05, 4.69) is 25.1 Å². The maximum Gasteiger partial charge on any atom is 0.127 e. The van der Waals surface area contributed by atoms with Crippen LogP contribution in [0.1, 0.15) is 22.6 Å². The third-order valence-corrected chi connectivity index (χ3v) is 3.25. The van der Waals surface area contributed by atoms with Gasteiger partial charge in [-0.05, 0) is 36.6 Å². The van der Waals surface area contributed by atoms with Gasteiger partial charge in [-0.3, -0.25) is 0 Å². The highest BCUT2D eigenvalue weighted by Gasteiger charge is 2.11. The molecule has 0 aliphatic heterocycles. The molecule has 2 aromatic carbocycles. The minimum atomic E-state index is -0.104. The van der Waals surface area contributed by atoms with Gasteiger partial charge in [0.25, 0.3) is 0 Å². The molecule has 0 N–H and O–H groups in total. The van der Waals surface area contributed by atoms with Crippen molar-refractivity contribution in [3.05, 3.63) is 65.2 Å². The van der Waals surface area contributed by atoms with Gasteiger partial charge in [0.15, 0.2) is 0 Å². The van der Waals surface area contributed by atoms with Crippen molar-refractivity contribution in [1.29, 1.82) is 0 Å². The van der Waals surface area contributed by atoms with Crippen LogP contribution in [0.15, 0.2) is 48.5 Å². The highest BCUT2D eigenvalue weighted by Crippen LogP contribution is 2.22. The zero-order chi connectivity index (χ0) is 13.7. The molecule has 0 aliphatic carbocycles. The van der Waals surface area contributed by atoms with Crippen LogP contribution in [0.25, 0.3) is 0 Å². The third-order valence-electron chi connectivity index (χ3n) is 3.25. The summed E-state index contributed by atoms with van der Waals surface area (Å²) in [5.41, 5.74) is 3.43. The van der Waals surface area contributed by atoms with E-state index in [9.17, 15) is 4.79 Å². The molecule has 0 bridgehead atoms. The van der Waals surface area contributed by atoms with E-state index in [4.69, 9.17) is 4.74 Å². The summed E-state index contributed by atoms with van der Waals surface area (Å²) in [6, 6.07) is 16.0. The minimum Gasteiger partial charge on any atom is -0.497 e. The maximum absolute atomic E-state index is 11.3. The molecule has 98 valence electrons. The number of aryl methyl sites for hydroxylation is 1. The predicted octanol–water partition coefficient (Wildman–Crippen LogP) is 3.53. The van der Waals surface area contributed by atoms with E-state index in [0.717, 1.165) is 24.0 Å². The standard InChI is InChI=1S/C17H18O2/c1-13-4-3-5-14(10-13)11-16(12-18)15-6-8-17(19-2)9-7-15/h3-10,12,16H,11H2,1-2H3. The van der Waals surface area contributed by atoms with Crippen LogP contribution in [-0.4, -0.2) is 13.4 Å². The second-order valence-electron chi connectivity index (χ2n) is 4.71. The van der Waals surface area contributed by atoms with E-state index in [1.54, 1.807) is 7.11 Å². The summed E-state index contributed by atoms with van der Waals surface area (Å²) in [5.74, 6) is 0.705. The Morgan fingerprint density at radius 2 is 1.89 bits per heavy atom. The van der Waals surface area contributed by atoms with Gasteiger partial charge in [0.05, 0.1) is 7.11 Å². The van der Waals surface area contributed by atoms with Gasteiger partial charge in [-0.1, -0.05) is 42.0 Å². The average Bonchev–Trinajstić information content (AvgIpc) is 2.45. The van der Waals surface area contributed by atoms with E-state index < -0.39 is 0 Å². The van der Waals surface area contributed by atoms with Gasteiger partial charge in [0, 0.05) is 5.92 Å². The monoisotopic (exact) mass is 254 g/mol. The van der Waals surface area contributed by atoms with Gasteiger partial charge in [0.1, 0.15) is 12.0 Å². The van der Waals surface area contributed by atoms with Gasteiger partial charge < -0.3 is 9.53 Å². The first-order valence-corrected chi connectivity index (χ1v) is 6.37. The van der Waals surface area contributed by atoms with Crippen molar-refractivity contribution < 1.29 is 9.53 Å². The smallest absolute Gasteiger partial charge is 0.127 e. The van der Waals surface area contributed by atoms with Crippen LogP contribution in [0.5, 0.6) is 5.75 Å². The number of benzene rings is 2. The number of hydrogen-bond acceptors (Lipinski definition) is 2. The lowest BCUT2D eigenvalue weighted by Gasteiger charge is -2.12. The third kappa shape index (κ3) is 3.44. The topological polar surface area (TPSA) is 26.3 Å². The molecule has 0 saturated heterocycles. The van der Waals surface area contributed by atoms with Crippen molar-refractivity contribution in [3.8, 4) is 5.75 Å². The normalized spacial score (nSPS) is 11.9. The van der Waals surface area contributed by atoms with E-state index in [0.29, 0.717) is 0 Å². The molecular weight excluding hydrogens is 236 g/mol. The van der Waals surface area contributed by atoms with Crippen LogP contribution in [-0.2, 0) is 11.2 Å². The van der Waals surface area contributed by atoms with Crippen molar-refractivity contribution >= 4 is 6.29 Å². The van der Waals surface area contributed by atoms with Gasteiger partial charge in [-0.25, -0.2) is 0 Å². The molecule has 2 nitrogen and oxygen atoms in total. The summed E-state index contributed by atoms with van der Waals surface area (Å²) in [7, 11) is 1.64. The summed E-state index contributed by atoms with van der Waals surface area (Å²) < 4.78 is 5.13. The Morgan fingerprint density at radius 3 is 2.47 bits per heavy atom. The molecule has 0 radical (unpaired) electrons. The zero-order valence-corrected chi connectivity index (χ0v) is 11.3. The fourth-order valence-electron chi connectivity index (χ4n) is 2.19. The molecule has 0 amide bonds. The number of carbonyl (C=O) groups is 1. The van der Waals surface area contributed by atoms with Crippen molar-refractivity contribution in [2.24, 2.45) is 0 Å². The lowest BCUT2D eigenvalue weighted by molar-refractivity contribution is -0.109. The number of rotatable bonds is 5. The Balaban J connectivity index is 2.17. The lowest BCUT2D eigenvalue weighted by atomic mass is 9.92. The molecule has 0 heterocycles. The Kier molecular flexibility index (Phi) is 4.35. The van der Waals surface area contributed by atoms with E-state index in [1.165, 1.54) is 11.1 Å². The summed E-state index contributed by atoms with van der Waals surface area (Å²) in [6.07, 6.45) is 1.75. The van der Waals surface area contributed by atoms with Crippen molar-refractivity contribution in [3.63, 3.8) is 0 Å². The van der Waals surface area contributed by atoms with E-state index >= 15 is 0 Å². The molecule has 1 unspecified atom stereocenters. The number of carbonyl (C=O) groups excluding carboxylic acids is 1. The highest BCUT2D eigenvalue weighted by atomic mass is 16.5. The van der Waals surface area contributed by atoms with Crippen LogP contribution in [0, 0.1) is 6.92 Å². The van der Waals surface area contributed by atoms with Crippen LogP contribution in [0.3, 0.4) is 0 Å². The van der Waals surface area contributed by atoms with Crippen molar-refractivity contribution in [2.45, 2.75) is 19.3 Å². The first-order valence-electron chi connectivity index (χ1n) is 6.37. The van der Waals surface area contributed by atoms with Crippen LogP contribution < -0.4 is 4.74 Å². The molecule has 0 saturated carbocycles. The molecule has 0 fully saturated rings. The molecular formula is C17H18O2. The van der Waals surface area contributed by atoms with Crippen LogP contribution in [0.4, 0.5) is 0 Å². The second-order valence-corrected chi connectivity index (χ2v) is 4.71.